The molecule has 3 aromatic heterocycles. The zero-order chi connectivity index (χ0) is 17.0. The van der Waals surface area contributed by atoms with Crippen LogP contribution in [0, 0.1) is 0 Å². The molecule has 4 heterocycles. The van der Waals surface area contributed by atoms with Gasteiger partial charge in [0, 0.05) is 12.6 Å². The van der Waals surface area contributed by atoms with Crippen LogP contribution < -0.4 is 16.0 Å². The fourth-order valence-electron chi connectivity index (χ4n) is 3.11. The molecule has 0 atom stereocenters. The molecule has 0 radical (unpaired) electrons. The Balaban J connectivity index is 1.44. The topological polar surface area (TPSA) is 131 Å². The second-order valence-electron chi connectivity index (χ2n) is 6.42. The number of rotatable bonds is 3. The molecule has 1 saturated carbocycles. The van der Waals surface area contributed by atoms with E-state index in [-0.39, 0.29) is 11.9 Å². The Morgan fingerprint density at radius 1 is 1.32 bits per heavy atom. The van der Waals surface area contributed by atoms with Crippen LogP contribution in [0.15, 0.2) is 12.4 Å². The van der Waals surface area contributed by atoms with E-state index in [4.69, 9.17) is 5.73 Å². The molecule has 1 aliphatic heterocycles. The van der Waals surface area contributed by atoms with Gasteiger partial charge in [0.05, 0.1) is 25.1 Å². The van der Waals surface area contributed by atoms with E-state index in [0.717, 1.165) is 29.9 Å². The van der Waals surface area contributed by atoms with Crippen molar-refractivity contribution in [2.24, 2.45) is 0 Å². The number of aromatic nitrogens is 6. The quantitative estimate of drug-likeness (QED) is 0.614. The van der Waals surface area contributed by atoms with Crippen LogP contribution in [0.25, 0.3) is 11.2 Å². The van der Waals surface area contributed by atoms with Gasteiger partial charge in [-0.2, -0.15) is 15.1 Å². The van der Waals surface area contributed by atoms with Crippen molar-refractivity contribution in [3.05, 3.63) is 23.8 Å². The number of nitrogens with one attached hydrogen (secondary N) is 2. The number of hydrogen-bond donors (Lipinski definition) is 3. The molecule has 1 aliphatic carbocycles. The summed E-state index contributed by atoms with van der Waals surface area (Å²) in [7, 11) is 0. The summed E-state index contributed by atoms with van der Waals surface area (Å²) in [6.45, 7) is 1.97. The van der Waals surface area contributed by atoms with E-state index in [2.05, 4.69) is 35.3 Å². The van der Waals surface area contributed by atoms with Gasteiger partial charge in [0.2, 0.25) is 5.95 Å². The average Bonchev–Trinajstić information content (AvgIpc) is 3.12. The van der Waals surface area contributed by atoms with Gasteiger partial charge in [-0.1, -0.05) is 0 Å². The van der Waals surface area contributed by atoms with E-state index in [0.29, 0.717) is 37.0 Å². The molecule has 2 aliphatic rings. The fraction of sp³-hybridized carbons (Fsp3) is 0.400. The van der Waals surface area contributed by atoms with Crippen LogP contribution in [0.1, 0.15) is 29.0 Å². The summed E-state index contributed by atoms with van der Waals surface area (Å²) in [5.41, 5.74) is 8.55. The highest BCUT2D eigenvalue weighted by atomic mass is 16.2. The number of imidazole rings is 1. The highest BCUT2D eigenvalue weighted by Gasteiger charge is 2.27. The van der Waals surface area contributed by atoms with Crippen LogP contribution in [0.5, 0.6) is 0 Å². The molecule has 5 rings (SSSR count). The maximum Gasteiger partial charge on any atom is 0.272 e. The average molecular weight is 339 g/mol. The number of hydrogen-bond acceptors (Lipinski definition) is 7. The summed E-state index contributed by atoms with van der Waals surface area (Å²) < 4.78 is 1.88. The molecule has 25 heavy (non-hydrogen) atoms. The Morgan fingerprint density at radius 3 is 3.04 bits per heavy atom. The summed E-state index contributed by atoms with van der Waals surface area (Å²) >= 11 is 0. The SMILES string of the molecule is Nc1nc(N2CCn3nc(C(=O)NC4CC4)cc3C2)c2[nH]cnc2n1. The molecule has 0 aromatic carbocycles. The molecule has 0 saturated heterocycles. The number of anilines is 2. The number of amides is 1. The summed E-state index contributed by atoms with van der Waals surface area (Å²) in [4.78, 5) is 30.0. The van der Waals surface area contributed by atoms with Gasteiger partial charge in [0.25, 0.3) is 5.91 Å². The standard InChI is InChI=1S/C15H17N9O/c16-15-20-12-11(17-7-18-12)13(21-15)23-3-4-24-9(6-23)5-10(22-24)14(25)19-8-1-2-8/h5,7-8H,1-4,6H2,(H,19,25)(H3,16,17,18,20,21). The molecule has 128 valence electrons. The molecule has 1 fully saturated rings. The minimum absolute atomic E-state index is 0.0989. The van der Waals surface area contributed by atoms with Crippen LogP contribution in [0.2, 0.25) is 0 Å². The fourth-order valence-corrected chi connectivity index (χ4v) is 3.11. The van der Waals surface area contributed by atoms with Crippen LogP contribution in [0.3, 0.4) is 0 Å². The summed E-state index contributed by atoms with van der Waals surface area (Å²) in [5.74, 6) is 0.813. The molecular formula is C15H17N9O. The predicted molar refractivity (Wildman–Crippen MR) is 89.9 cm³/mol. The van der Waals surface area contributed by atoms with Crippen molar-refractivity contribution in [2.75, 3.05) is 17.2 Å². The Hall–Kier alpha value is -3.17. The zero-order valence-corrected chi connectivity index (χ0v) is 13.4. The van der Waals surface area contributed by atoms with Crippen molar-refractivity contribution in [1.82, 2.24) is 35.0 Å². The van der Waals surface area contributed by atoms with Gasteiger partial charge in [-0.25, -0.2) is 4.98 Å². The Bertz CT molecular complexity index is 971. The van der Waals surface area contributed by atoms with Gasteiger partial charge >= 0.3 is 0 Å². The van der Waals surface area contributed by atoms with Crippen LogP contribution in [-0.4, -0.2) is 48.2 Å². The largest absolute Gasteiger partial charge is 0.368 e. The number of carbonyl (C=O) groups is 1. The predicted octanol–water partition coefficient (Wildman–Crippen LogP) is 0.0440. The molecule has 0 spiro atoms. The van der Waals surface area contributed by atoms with E-state index in [1.54, 1.807) is 6.33 Å². The van der Waals surface area contributed by atoms with Crippen molar-refractivity contribution >= 4 is 28.8 Å². The van der Waals surface area contributed by atoms with Crippen molar-refractivity contribution < 1.29 is 4.79 Å². The monoisotopic (exact) mass is 339 g/mol. The molecule has 4 N–H and O–H groups in total. The molecule has 0 unspecified atom stereocenters. The van der Waals surface area contributed by atoms with E-state index in [1.165, 1.54) is 0 Å². The lowest BCUT2D eigenvalue weighted by Gasteiger charge is -2.28. The van der Waals surface area contributed by atoms with Gasteiger partial charge in [0.15, 0.2) is 17.2 Å². The van der Waals surface area contributed by atoms with Crippen molar-refractivity contribution in [2.45, 2.75) is 32.0 Å². The number of nitrogen functional groups attached to an aromatic ring is 1. The summed E-state index contributed by atoms with van der Waals surface area (Å²) in [6, 6.07) is 2.17. The Labute approximate surface area is 142 Å². The maximum absolute atomic E-state index is 12.2. The molecule has 10 heteroatoms. The van der Waals surface area contributed by atoms with Crippen LogP contribution in [0.4, 0.5) is 11.8 Å². The lowest BCUT2D eigenvalue weighted by atomic mass is 10.2. The Morgan fingerprint density at radius 2 is 2.20 bits per heavy atom. The number of carbonyl (C=O) groups excluding carboxylic acids is 1. The zero-order valence-electron chi connectivity index (χ0n) is 13.4. The highest BCUT2D eigenvalue weighted by molar-refractivity contribution is 5.92. The van der Waals surface area contributed by atoms with Gasteiger partial charge in [-0.05, 0) is 18.9 Å². The Kier molecular flexibility index (Phi) is 2.93. The second-order valence-corrected chi connectivity index (χ2v) is 6.42. The molecule has 3 aromatic rings. The smallest absolute Gasteiger partial charge is 0.272 e. The number of fused-ring (bicyclic) bond motifs is 2. The van der Waals surface area contributed by atoms with Crippen molar-refractivity contribution in [3.63, 3.8) is 0 Å². The second kappa shape index (κ2) is 5.16. The van der Waals surface area contributed by atoms with Crippen molar-refractivity contribution in [3.8, 4) is 0 Å². The summed E-state index contributed by atoms with van der Waals surface area (Å²) in [5, 5.41) is 7.40. The molecule has 1 amide bonds. The third-order valence-electron chi connectivity index (χ3n) is 4.53. The number of nitrogens with two attached hydrogens (primary N) is 1. The van der Waals surface area contributed by atoms with E-state index >= 15 is 0 Å². The first-order chi connectivity index (χ1) is 12.2. The van der Waals surface area contributed by atoms with Gasteiger partial charge < -0.3 is 20.9 Å². The third-order valence-corrected chi connectivity index (χ3v) is 4.53. The van der Waals surface area contributed by atoms with E-state index in [9.17, 15) is 4.79 Å². The lowest BCUT2D eigenvalue weighted by molar-refractivity contribution is 0.0945. The van der Waals surface area contributed by atoms with Gasteiger partial charge in [-0.15, -0.1) is 0 Å². The number of nitrogens with zero attached hydrogens (tertiary/aromatic N) is 6. The molecule has 0 bridgehead atoms. The number of H-pyrrole nitrogens is 1. The maximum atomic E-state index is 12.2. The highest BCUT2D eigenvalue weighted by Crippen LogP contribution is 2.26. The normalized spacial score (nSPS) is 16.9. The first kappa shape index (κ1) is 14.2. The minimum Gasteiger partial charge on any atom is -0.368 e. The lowest BCUT2D eigenvalue weighted by Crippen LogP contribution is -2.34. The van der Waals surface area contributed by atoms with Crippen LogP contribution in [-0.2, 0) is 13.1 Å². The third kappa shape index (κ3) is 2.46. The molecule has 10 nitrogen and oxygen atoms in total. The van der Waals surface area contributed by atoms with Crippen LogP contribution >= 0.6 is 0 Å². The van der Waals surface area contributed by atoms with Gasteiger partial charge in [0.1, 0.15) is 5.52 Å². The van der Waals surface area contributed by atoms with E-state index in [1.807, 2.05) is 10.7 Å². The first-order valence-corrected chi connectivity index (χ1v) is 8.26. The van der Waals surface area contributed by atoms with Gasteiger partial charge in [-0.3, -0.25) is 9.48 Å². The first-order valence-electron chi connectivity index (χ1n) is 8.26. The minimum atomic E-state index is -0.0989. The van der Waals surface area contributed by atoms with Crippen molar-refractivity contribution in [1.29, 1.82) is 0 Å². The van der Waals surface area contributed by atoms with E-state index < -0.39 is 0 Å². The number of aromatic amines is 1. The molecular weight excluding hydrogens is 322 g/mol. The summed E-state index contributed by atoms with van der Waals surface area (Å²) in [6.07, 6.45) is 3.70.